The van der Waals surface area contributed by atoms with Crippen LogP contribution in [0.4, 0.5) is 22.9 Å². The highest BCUT2D eigenvalue weighted by Gasteiger charge is 2.34. The van der Waals surface area contributed by atoms with Crippen LogP contribution in [-0.2, 0) is 4.79 Å². The van der Waals surface area contributed by atoms with E-state index in [1.807, 2.05) is 49.4 Å². The molecule has 0 saturated heterocycles. The molecule has 3 aromatic heterocycles. The summed E-state index contributed by atoms with van der Waals surface area (Å²) >= 11 is 0. The quantitative estimate of drug-likeness (QED) is 0.306. The molecular weight excluding hydrogens is 442 g/mol. The van der Waals surface area contributed by atoms with Gasteiger partial charge in [0.2, 0.25) is 5.91 Å². The van der Waals surface area contributed by atoms with Gasteiger partial charge in [-0.15, -0.1) is 0 Å². The number of nitrogens with one attached hydrogen (secondary N) is 4. The topological polar surface area (TPSA) is 133 Å². The fraction of sp³-hybridized carbons (Fsp3) is 0.120. The molecule has 6 rings (SSSR count). The van der Waals surface area contributed by atoms with Crippen LogP contribution in [0.1, 0.15) is 18.4 Å². The van der Waals surface area contributed by atoms with Crippen molar-refractivity contribution in [1.82, 2.24) is 30.4 Å². The molecule has 0 saturated carbocycles. The lowest BCUT2D eigenvalue weighted by Crippen LogP contribution is -2.34. The van der Waals surface area contributed by atoms with E-state index in [1.165, 1.54) is 6.20 Å². The minimum absolute atomic E-state index is 0.0391. The van der Waals surface area contributed by atoms with Gasteiger partial charge in [0.05, 0.1) is 29.8 Å². The lowest BCUT2D eigenvalue weighted by Gasteiger charge is -2.16. The summed E-state index contributed by atoms with van der Waals surface area (Å²) in [6, 6.07) is 15.1. The van der Waals surface area contributed by atoms with Crippen molar-refractivity contribution in [2.45, 2.75) is 18.9 Å². The SMILES string of the molecule is CC1c2cc(-c3nccc(Nc4ccc5[nH]ncc5c4)n3)ccc2NC1C(=O)Nc1ccnnc1. The average Bonchev–Trinajstić information content (AvgIpc) is 3.48. The fourth-order valence-electron chi connectivity index (χ4n) is 4.30. The molecule has 0 spiro atoms. The Kier molecular flexibility index (Phi) is 5.03. The number of rotatable bonds is 5. The van der Waals surface area contributed by atoms with Crippen LogP contribution < -0.4 is 16.0 Å². The number of aromatic amines is 1. The van der Waals surface area contributed by atoms with Crippen LogP contribution >= 0.6 is 0 Å². The third-order valence-electron chi connectivity index (χ3n) is 6.11. The van der Waals surface area contributed by atoms with E-state index in [-0.39, 0.29) is 11.8 Å². The number of carbonyl (C=O) groups excluding carboxylic acids is 1. The van der Waals surface area contributed by atoms with Crippen LogP contribution in [0, 0.1) is 0 Å². The zero-order valence-electron chi connectivity index (χ0n) is 18.7. The molecule has 0 fully saturated rings. The minimum atomic E-state index is -0.403. The summed E-state index contributed by atoms with van der Waals surface area (Å²) in [5, 5.41) is 25.1. The van der Waals surface area contributed by atoms with E-state index < -0.39 is 6.04 Å². The van der Waals surface area contributed by atoms with Crippen LogP contribution in [0.3, 0.4) is 0 Å². The number of fused-ring (bicyclic) bond motifs is 2. The van der Waals surface area contributed by atoms with Crippen molar-refractivity contribution in [1.29, 1.82) is 0 Å². The van der Waals surface area contributed by atoms with E-state index in [2.05, 4.69) is 41.3 Å². The number of hydrogen-bond donors (Lipinski definition) is 4. The zero-order chi connectivity index (χ0) is 23.8. The second kappa shape index (κ2) is 8.49. The molecule has 0 radical (unpaired) electrons. The molecule has 1 aliphatic rings. The Bertz CT molecular complexity index is 1530. The van der Waals surface area contributed by atoms with Crippen LogP contribution in [0.5, 0.6) is 0 Å². The van der Waals surface area contributed by atoms with Gasteiger partial charge in [0.1, 0.15) is 11.9 Å². The standard InChI is InChI=1S/C25H21N9O/c1-14-19-11-15(2-4-21(19)32-23(14)25(35)31-18-6-9-27-28-13-18)24-26-8-7-22(33-24)30-17-3-5-20-16(10-17)12-29-34-20/h2-14,23,32H,1H3,(H,29,34)(H,26,30,33)(H,27,31,35). The average molecular weight is 464 g/mol. The van der Waals surface area contributed by atoms with E-state index in [9.17, 15) is 4.79 Å². The number of benzene rings is 2. The first kappa shape index (κ1) is 20.7. The number of anilines is 4. The number of amides is 1. The summed E-state index contributed by atoms with van der Waals surface area (Å²) in [5.41, 5.74) is 5.35. The Morgan fingerprint density at radius 2 is 1.91 bits per heavy atom. The zero-order valence-corrected chi connectivity index (χ0v) is 18.7. The predicted octanol–water partition coefficient (Wildman–Crippen LogP) is 4.09. The first-order chi connectivity index (χ1) is 17.1. The van der Waals surface area contributed by atoms with E-state index in [1.54, 1.807) is 24.7 Å². The Labute approximate surface area is 200 Å². The van der Waals surface area contributed by atoms with Gasteiger partial charge in [-0.05, 0) is 54.1 Å². The van der Waals surface area contributed by atoms with Crippen molar-refractivity contribution in [3.05, 3.63) is 78.9 Å². The van der Waals surface area contributed by atoms with Crippen molar-refractivity contribution in [2.75, 3.05) is 16.0 Å². The molecule has 0 aliphatic carbocycles. The Morgan fingerprint density at radius 1 is 0.971 bits per heavy atom. The normalized spacial score (nSPS) is 16.5. The highest BCUT2D eigenvalue weighted by atomic mass is 16.2. The number of aromatic nitrogens is 6. The number of hydrogen-bond acceptors (Lipinski definition) is 8. The minimum Gasteiger partial charge on any atom is -0.373 e. The largest absolute Gasteiger partial charge is 0.373 e. The van der Waals surface area contributed by atoms with Crippen molar-refractivity contribution in [2.24, 2.45) is 0 Å². The molecule has 172 valence electrons. The van der Waals surface area contributed by atoms with E-state index >= 15 is 0 Å². The maximum Gasteiger partial charge on any atom is 0.247 e. The summed E-state index contributed by atoms with van der Waals surface area (Å²) in [6.45, 7) is 2.03. The molecule has 1 amide bonds. The molecule has 10 nitrogen and oxygen atoms in total. The predicted molar refractivity (Wildman–Crippen MR) is 133 cm³/mol. The van der Waals surface area contributed by atoms with Crippen LogP contribution in [0.15, 0.2) is 73.3 Å². The van der Waals surface area contributed by atoms with Gasteiger partial charge < -0.3 is 16.0 Å². The second-order valence-corrected chi connectivity index (χ2v) is 8.40. The second-order valence-electron chi connectivity index (χ2n) is 8.40. The van der Waals surface area contributed by atoms with Gasteiger partial charge in [-0.3, -0.25) is 9.89 Å². The highest BCUT2D eigenvalue weighted by molar-refractivity contribution is 5.98. The van der Waals surface area contributed by atoms with Gasteiger partial charge in [-0.2, -0.15) is 15.3 Å². The van der Waals surface area contributed by atoms with Gasteiger partial charge >= 0.3 is 0 Å². The third kappa shape index (κ3) is 4.01. The van der Waals surface area contributed by atoms with Crippen molar-refractivity contribution in [3.8, 4) is 11.4 Å². The maximum absolute atomic E-state index is 12.9. The number of H-pyrrole nitrogens is 1. The number of carbonyl (C=O) groups is 1. The monoisotopic (exact) mass is 463 g/mol. The molecular formula is C25H21N9O. The summed E-state index contributed by atoms with van der Waals surface area (Å²) in [6.07, 6.45) is 6.58. The van der Waals surface area contributed by atoms with Crippen LogP contribution in [0.2, 0.25) is 0 Å². The molecule has 35 heavy (non-hydrogen) atoms. The fourth-order valence-corrected chi connectivity index (χ4v) is 4.30. The molecule has 0 bridgehead atoms. The molecule has 2 atom stereocenters. The van der Waals surface area contributed by atoms with Crippen molar-refractivity contribution < 1.29 is 4.79 Å². The molecule has 4 N–H and O–H groups in total. The molecule has 2 aromatic carbocycles. The molecule has 5 aromatic rings. The van der Waals surface area contributed by atoms with Gasteiger partial charge in [-0.1, -0.05) is 6.92 Å². The maximum atomic E-state index is 12.9. The summed E-state index contributed by atoms with van der Waals surface area (Å²) < 4.78 is 0. The summed E-state index contributed by atoms with van der Waals surface area (Å²) in [7, 11) is 0. The van der Waals surface area contributed by atoms with Crippen LogP contribution in [0.25, 0.3) is 22.3 Å². The first-order valence-electron chi connectivity index (χ1n) is 11.2. The molecule has 10 heteroatoms. The van der Waals surface area contributed by atoms with Gasteiger partial charge in [0.15, 0.2) is 5.82 Å². The smallest absolute Gasteiger partial charge is 0.247 e. The molecule has 2 unspecified atom stereocenters. The Hall–Kier alpha value is -4.86. The first-order valence-corrected chi connectivity index (χ1v) is 11.2. The molecule has 4 heterocycles. The lowest BCUT2D eigenvalue weighted by atomic mass is 9.95. The van der Waals surface area contributed by atoms with E-state index in [0.29, 0.717) is 17.3 Å². The molecule has 1 aliphatic heterocycles. The summed E-state index contributed by atoms with van der Waals surface area (Å²) in [5.74, 6) is 1.13. The van der Waals surface area contributed by atoms with Crippen molar-refractivity contribution in [3.63, 3.8) is 0 Å². The van der Waals surface area contributed by atoms with Crippen molar-refractivity contribution >= 4 is 39.7 Å². The third-order valence-corrected chi connectivity index (χ3v) is 6.11. The number of nitrogens with zero attached hydrogens (tertiary/aromatic N) is 5. The van der Waals surface area contributed by atoms with Gasteiger partial charge in [-0.25, -0.2) is 9.97 Å². The van der Waals surface area contributed by atoms with E-state index in [4.69, 9.17) is 4.98 Å². The van der Waals surface area contributed by atoms with Gasteiger partial charge in [0, 0.05) is 34.4 Å². The lowest BCUT2D eigenvalue weighted by molar-refractivity contribution is -0.117. The van der Waals surface area contributed by atoms with E-state index in [0.717, 1.165) is 33.4 Å². The van der Waals surface area contributed by atoms with Crippen LogP contribution in [-0.4, -0.2) is 42.3 Å². The highest BCUT2D eigenvalue weighted by Crippen LogP contribution is 2.38. The van der Waals surface area contributed by atoms with Gasteiger partial charge in [0.25, 0.3) is 0 Å². The Balaban J connectivity index is 1.22. The Morgan fingerprint density at radius 3 is 2.80 bits per heavy atom. The summed E-state index contributed by atoms with van der Waals surface area (Å²) in [4.78, 5) is 22.1.